The van der Waals surface area contributed by atoms with E-state index in [4.69, 9.17) is 11.3 Å². The third kappa shape index (κ3) is 7.88. The van der Waals surface area contributed by atoms with E-state index in [1.807, 2.05) is 68.6 Å². The minimum Gasteiger partial charge on any atom is -0.507 e. The zero-order valence-electron chi connectivity index (χ0n) is 35.3. The van der Waals surface area contributed by atoms with E-state index < -0.39 is 5.89 Å². The van der Waals surface area contributed by atoms with Crippen LogP contribution >= 0.6 is 0 Å². The van der Waals surface area contributed by atoms with Gasteiger partial charge < -0.3 is 5.11 Å². The normalized spacial score (nSPS) is 11.9. The van der Waals surface area contributed by atoms with Crippen LogP contribution in [0.25, 0.3) is 83.9 Å². The molecule has 60 heavy (non-hydrogen) atoms. The molecule has 2 heterocycles. The number of hydrogen-bond acceptors (Lipinski definition) is 3. The maximum absolute atomic E-state index is 11.4. The second kappa shape index (κ2) is 16.7. The molecule has 0 aliphatic carbocycles. The minimum absolute atomic E-state index is 0. The number of nitrogens with zero attached hydrogens (tertiary/aromatic N) is 3. The van der Waals surface area contributed by atoms with Crippen molar-refractivity contribution in [1.29, 1.82) is 0 Å². The van der Waals surface area contributed by atoms with Crippen molar-refractivity contribution in [2.45, 2.75) is 45.9 Å². The number of aromatic hydroxyl groups is 1. The van der Waals surface area contributed by atoms with E-state index >= 15 is 0 Å². The summed E-state index contributed by atoms with van der Waals surface area (Å²) < 4.78 is 10.7. The maximum atomic E-state index is 11.4. The van der Waals surface area contributed by atoms with Gasteiger partial charge in [-0.25, -0.2) is 4.98 Å². The molecule has 0 amide bonds. The van der Waals surface area contributed by atoms with E-state index in [0.29, 0.717) is 11.4 Å². The molecule has 0 saturated heterocycles. The molecule has 0 aliphatic heterocycles. The Bertz CT molecular complexity index is 3000. The first-order valence-electron chi connectivity index (χ1n) is 20.6. The summed E-state index contributed by atoms with van der Waals surface area (Å²) in [5, 5.41) is 11.4. The van der Waals surface area contributed by atoms with Crippen molar-refractivity contribution in [2.75, 3.05) is 0 Å². The second-order valence-corrected chi connectivity index (χ2v) is 16.4. The standard InChI is InChI=1S/C55H46N3O.Pt/c1-36(2)37-23-25-39(26-24-37)41-29-30-56-49(34-41)44-32-42(38-15-8-6-9-16-38)31-43(33-44)46-20-14-21-51-53(46)57-54(47-19-12-13-22-52(47)59)58(51)50-28-27-45(55(3,4)5)35-48(50)40-17-10-7-11-18-40;/h6-32,34-36,59H,1-5H3;/q-1;/i36D;. The van der Waals surface area contributed by atoms with Gasteiger partial charge >= 0.3 is 0 Å². The van der Waals surface area contributed by atoms with Crippen molar-refractivity contribution in [3.8, 4) is 78.6 Å². The van der Waals surface area contributed by atoms with Crippen LogP contribution in [0.2, 0.25) is 0 Å². The Hall–Kier alpha value is -6.35. The number of rotatable bonds is 8. The quantitative estimate of drug-likeness (QED) is 0.154. The summed E-state index contributed by atoms with van der Waals surface area (Å²) in [5.74, 6) is 0.129. The SMILES string of the molecule is [2H]C(C)(C)c1ccc(-c2ccnc(-c3[c-]c(-c4cccc5c4nc(-c4ccccc4O)n5-c4ccc(C(C)(C)C)cc4-c4ccccc4)cc(-c4ccccc4)c3)c2)cc1.[Pt]. The van der Waals surface area contributed by atoms with E-state index in [0.717, 1.165) is 78.0 Å². The van der Waals surface area contributed by atoms with Crippen LogP contribution in [0.5, 0.6) is 5.75 Å². The number of pyridine rings is 1. The van der Waals surface area contributed by atoms with E-state index in [9.17, 15) is 5.11 Å². The molecule has 2 aromatic heterocycles. The summed E-state index contributed by atoms with van der Waals surface area (Å²) in [7, 11) is 0. The van der Waals surface area contributed by atoms with Crippen LogP contribution < -0.4 is 0 Å². The Morgan fingerprint density at radius 3 is 1.95 bits per heavy atom. The van der Waals surface area contributed by atoms with Crippen LogP contribution in [0.3, 0.4) is 0 Å². The Labute approximate surface area is 369 Å². The van der Waals surface area contributed by atoms with Gasteiger partial charge in [0.15, 0.2) is 0 Å². The van der Waals surface area contributed by atoms with Crippen molar-refractivity contribution in [2.24, 2.45) is 0 Å². The molecule has 0 saturated carbocycles. The maximum Gasteiger partial charge on any atom is 0.148 e. The zero-order chi connectivity index (χ0) is 41.6. The molecule has 7 aromatic carbocycles. The van der Waals surface area contributed by atoms with Crippen molar-refractivity contribution in [3.63, 3.8) is 0 Å². The first kappa shape index (κ1) is 39.1. The molecule has 1 N–H and O–H groups in total. The summed E-state index contributed by atoms with van der Waals surface area (Å²) in [4.78, 5) is 10.3. The monoisotopic (exact) mass is 960 g/mol. The van der Waals surface area contributed by atoms with Crippen molar-refractivity contribution in [3.05, 3.63) is 193 Å². The van der Waals surface area contributed by atoms with Gasteiger partial charge in [0.1, 0.15) is 11.6 Å². The van der Waals surface area contributed by atoms with Gasteiger partial charge in [-0.05, 0) is 81.1 Å². The average molecular weight is 961 g/mol. The summed E-state index contributed by atoms with van der Waals surface area (Å²) in [5.41, 5.74) is 15.3. The average Bonchev–Trinajstić information content (AvgIpc) is 3.66. The molecule has 0 atom stereocenters. The number of hydrogen-bond donors (Lipinski definition) is 1. The summed E-state index contributed by atoms with van der Waals surface area (Å²) in [6, 6.07) is 61.8. The number of benzene rings is 7. The summed E-state index contributed by atoms with van der Waals surface area (Å²) in [6.07, 6.45) is 1.85. The predicted molar refractivity (Wildman–Crippen MR) is 245 cm³/mol. The fourth-order valence-corrected chi connectivity index (χ4v) is 7.85. The van der Waals surface area contributed by atoms with Crippen LogP contribution in [0.4, 0.5) is 0 Å². The van der Waals surface area contributed by atoms with E-state index in [1.54, 1.807) is 6.07 Å². The first-order valence-corrected chi connectivity index (χ1v) is 20.1. The third-order valence-corrected chi connectivity index (χ3v) is 11.1. The molecular weight excluding hydrogens is 914 g/mol. The summed E-state index contributed by atoms with van der Waals surface area (Å²) >= 11 is 0. The predicted octanol–water partition coefficient (Wildman–Crippen LogP) is 14.3. The fraction of sp³-hybridized carbons (Fsp3) is 0.127. The molecule has 4 nitrogen and oxygen atoms in total. The Kier molecular flexibility index (Phi) is 10.9. The van der Waals surface area contributed by atoms with Crippen LogP contribution in [0, 0.1) is 6.07 Å². The molecule has 298 valence electrons. The van der Waals surface area contributed by atoms with E-state index in [2.05, 4.69) is 147 Å². The molecule has 0 unspecified atom stereocenters. The molecule has 0 aliphatic rings. The third-order valence-electron chi connectivity index (χ3n) is 11.1. The molecule has 9 rings (SSSR count). The number of imidazole rings is 1. The Balaban J connectivity index is 0.00000514. The van der Waals surface area contributed by atoms with Crippen LogP contribution in [-0.2, 0) is 26.5 Å². The van der Waals surface area contributed by atoms with Crippen molar-refractivity contribution >= 4 is 11.0 Å². The van der Waals surface area contributed by atoms with Gasteiger partial charge in [0.2, 0.25) is 0 Å². The van der Waals surface area contributed by atoms with Gasteiger partial charge in [-0.2, -0.15) is 0 Å². The fourth-order valence-electron chi connectivity index (χ4n) is 7.85. The number of para-hydroxylation sites is 2. The smallest absolute Gasteiger partial charge is 0.148 e. The number of aromatic nitrogens is 3. The van der Waals surface area contributed by atoms with Gasteiger partial charge in [0.25, 0.3) is 0 Å². The Morgan fingerprint density at radius 2 is 1.25 bits per heavy atom. The van der Waals surface area contributed by atoms with Crippen molar-refractivity contribution in [1.82, 2.24) is 14.5 Å². The summed E-state index contributed by atoms with van der Waals surface area (Å²) in [6.45, 7) is 10.5. The largest absolute Gasteiger partial charge is 0.507 e. The number of phenols is 1. The molecular formula is C55H46N3OPt-. The van der Waals surface area contributed by atoms with Crippen LogP contribution in [-0.4, -0.2) is 19.6 Å². The second-order valence-electron chi connectivity index (χ2n) is 16.4. The van der Waals surface area contributed by atoms with Crippen LogP contribution in [0.1, 0.15) is 53.0 Å². The Morgan fingerprint density at radius 1 is 0.600 bits per heavy atom. The molecule has 0 spiro atoms. The number of phenolic OH excluding ortho intramolecular Hbond substituents is 1. The van der Waals surface area contributed by atoms with Crippen molar-refractivity contribution < 1.29 is 27.5 Å². The molecule has 0 bridgehead atoms. The zero-order valence-corrected chi connectivity index (χ0v) is 36.6. The molecule has 5 heteroatoms. The molecule has 0 fully saturated rings. The van der Waals surface area contributed by atoms with Gasteiger partial charge in [-0.1, -0.05) is 173 Å². The van der Waals surface area contributed by atoms with E-state index in [1.165, 1.54) is 5.56 Å². The topological polar surface area (TPSA) is 50.9 Å². The molecule has 9 aromatic rings. The molecule has 0 radical (unpaired) electrons. The van der Waals surface area contributed by atoms with Gasteiger partial charge in [0.05, 0.1) is 22.3 Å². The van der Waals surface area contributed by atoms with Gasteiger partial charge in [-0.15, -0.1) is 23.8 Å². The minimum atomic E-state index is -0.673. The van der Waals surface area contributed by atoms with Gasteiger partial charge in [0, 0.05) is 39.9 Å². The van der Waals surface area contributed by atoms with E-state index in [-0.39, 0.29) is 32.2 Å². The number of fused-ring (bicyclic) bond motifs is 1. The van der Waals surface area contributed by atoms with Gasteiger partial charge in [-0.3, -0.25) is 9.55 Å². The first-order chi connectivity index (χ1) is 28.9. The van der Waals surface area contributed by atoms with Crippen LogP contribution in [0.15, 0.2) is 176 Å².